The van der Waals surface area contributed by atoms with E-state index in [9.17, 15) is 4.79 Å². The lowest BCUT2D eigenvalue weighted by atomic mass is 9.94. The van der Waals surface area contributed by atoms with Crippen LogP contribution in [0.4, 0.5) is 4.79 Å². The van der Waals surface area contributed by atoms with Crippen molar-refractivity contribution >= 4 is 6.03 Å². The van der Waals surface area contributed by atoms with E-state index in [1.807, 2.05) is 4.90 Å². The van der Waals surface area contributed by atoms with Gasteiger partial charge in [-0.05, 0) is 51.9 Å². The predicted octanol–water partition coefficient (Wildman–Crippen LogP) is 0.333. The number of carbonyl (C=O) groups excluding carboxylic acids is 1. The van der Waals surface area contributed by atoms with Crippen LogP contribution in [0.2, 0.25) is 0 Å². The molecule has 5 heteroatoms. The Bertz CT molecular complexity index is 264. The zero-order chi connectivity index (χ0) is 12.8. The van der Waals surface area contributed by atoms with Gasteiger partial charge in [-0.25, -0.2) is 4.79 Å². The minimum Gasteiger partial charge on any atom is -0.336 e. The maximum absolute atomic E-state index is 11.3. The van der Waals surface area contributed by atoms with E-state index >= 15 is 0 Å². The average molecular weight is 254 g/mol. The summed E-state index contributed by atoms with van der Waals surface area (Å²) < 4.78 is 0. The van der Waals surface area contributed by atoms with Crippen LogP contribution in [-0.2, 0) is 0 Å². The van der Waals surface area contributed by atoms with Gasteiger partial charge in [0.05, 0.1) is 0 Å². The molecule has 2 fully saturated rings. The Hall–Kier alpha value is -0.810. The third-order valence-electron chi connectivity index (χ3n) is 4.07. The minimum atomic E-state index is 0.0899. The molecule has 0 radical (unpaired) electrons. The van der Waals surface area contributed by atoms with E-state index in [4.69, 9.17) is 0 Å². The fourth-order valence-corrected chi connectivity index (χ4v) is 2.72. The summed E-state index contributed by atoms with van der Waals surface area (Å²) in [5.41, 5.74) is 0. The average Bonchev–Trinajstić information content (AvgIpc) is 2.77. The number of likely N-dealkylation sites (tertiary alicyclic amines) is 1. The molecule has 0 aromatic heterocycles. The van der Waals surface area contributed by atoms with Gasteiger partial charge < -0.3 is 20.4 Å². The molecule has 2 rings (SSSR count). The number of nitrogens with one attached hydrogen (secondary N) is 2. The number of hydrogen-bond acceptors (Lipinski definition) is 3. The highest BCUT2D eigenvalue weighted by Gasteiger charge is 2.18. The van der Waals surface area contributed by atoms with E-state index in [0.29, 0.717) is 0 Å². The highest BCUT2D eigenvalue weighted by molar-refractivity contribution is 5.76. The largest absolute Gasteiger partial charge is 0.336 e. The van der Waals surface area contributed by atoms with E-state index in [0.717, 1.165) is 38.6 Å². The monoisotopic (exact) mass is 254 g/mol. The lowest BCUT2D eigenvalue weighted by Crippen LogP contribution is -2.36. The minimum absolute atomic E-state index is 0.0899. The Morgan fingerprint density at radius 3 is 2.72 bits per heavy atom. The highest BCUT2D eigenvalue weighted by atomic mass is 16.2. The molecule has 2 aliphatic heterocycles. The molecule has 0 aromatic carbocycles. The summed E-state index contributed by atoms with van der Waals surface area (Å²) in [7, 11) is 2.20. The summed E-state index contributed by atoms with van der Waals surface area (Å²) in [6.45, 7) is 6.99. The molecule has 2 heterocycles. The van der Waals surface area contributed by atoms with Crippen molar-refractivity contribution in [3.63, 3.8) is 0 Å². The Kier molecular flexibility index (Phi) is 5.26. The first-order valence-electron chi connectivity index (χ1n) is 7.18. The third kappa shape index (κ3) is 4.14. The lowest BCUT2D eigenvalue weighted by Gasteiger charge is -2.29. The van der Waals surface area contributed by atoms with Crippen molar-refractivity contribution in [1.29, 1.82) is 0 Å². The Morgan fingerprint density at radius 2 is 2.06 bits per heavy atom. The molecule has 2 N–H and O–H groups in total. The maximum Gasteiger partial charge on any atom is 0.317 e. The van der Waals surface area contributed by atoms with E-state index in [1.54, 1.807) is 0 Å². The van der Waals surface area contributed by atoms with Crippen LogP contribution in [0.25, 0.3) is 0 Å². The van der Waals surface area contributed by atoms with Gasteiger partial charge in [-0.2, -0.15) is 0 Å². The zero-order valence-electron chi connectivity index (χ0n) is 11.5. The molecule has 0 bridgehead atoms. The summed E-state index contributed by atoms with van der Waals surface area (Å²) in [4.78, 5) is 15.6. The van der Waals surface area contributed by atoms with E-state index in [-0.39, 0.29) is 6.03 Å². The molecule has 2 amide bonds. The second-order valence-electron chi connectivity index (χ2n) is 5.50. The van der Waals surface area contributed by atoms with Crippen LogP contribution in [0.5, 0.6) is 0 Å². The van der Waals surface area contributed by atoms with Crippen LogP contribution in [0.3, 0.4) is 0 Å². The smallest absolute Gasteiger partial charge is 0.317 e. The standard InChI is InChI=1S/C13H26N4O/c1-16-8-3-12(4-9-16)2-5-14-6-10-17-11-7-15-13(17)18/h12,14H,2-11H2,1H3,(H,15,18). The Labute approximate surface area is 110 Å². The summed E-state index contributed by atoms with van der Waals surface area (Å²) >= 11 is 0. The van der Waals surface area contributed by atoms with Crippen molar-refractivity contribution in [3.05, 3.63) is 0 Å². The third-order valence-corrected chi connectivity index (χ3v) is 4.07. The van der Waals surface area contributed by atoms with E-state index in [2.05, 4.69) is 22.6 Å². The molecule has 0 aromatic rings. The number of hydrogen-bond donors (Lipinski definition) is 2. The van der Waals surface area contributed by atoms with Gasteiger partial charge >= 0.3 is 6.03 Å². The van der Waals surface area contributed by atoms with Crippen molar-refractivity contribution in [2.75, 3.05) is 52.9 Å². The van der Waals surface area contributed by atoms with Crippen LogP contribution in [0, 0.1) is 5.92 Å². The number of carbonyl (C=O) groups is 1. The van der Waals surface area contributed by atoms with Crippen molar-refractivity contribution in [2.45, 2.75) is 19.3 Å². The Balaban J connectivity index is 1.47. The second-order valence-corrected chi connectivity index (χ2v) is 5.50. The predicted molar refractivity (Wildman–Crippen MR) is 72.7 cm³/mol. The molecule has 2 aliphatic rings. The molecule has 0 spiro atoms. The van der Waals surface area contributed by atoms with Gasteiger partial charge in [0.2, 0.25) is 0 Å². The number of urea groups is 1. The van der Waals surface area contributed by atoms with Crippen LogP contribution >= 0.6 is 0 Å². The topological polar surface area (TPSA) is 47.6 Å². The lowest BCUT2D eigenvalue weighted by molar-refractivity contribution is 0.209. The van der Waals surface area contributed by atoms with Crippen molar-refractivity contribution in [1.82, 2.24) is 20.4 Å². The fraction of sp³-hybridized carbons (Fsp3) is 0.923. The van der Waals surface area contributed by atoms with Gasteiger partial charge in [-0.3, -0.25) is 0 Å². The SMILES string of the molecule is CN1CCC(CCNCCN2CCNC2=O)CC1. The molecule has 5 nitrogen and oxygen atoms in total. The van der Waals surface area contributed by atoms with E-state index in [1.165, 1.54) is 32.4 Å². The Morgan fingerprint density at radius 1 is 1.28 bits per heavy atom. The molecule has 0 unspecified atom stereocenters. The van der Waals surface area contributed by atoms with Gasteiger partial charge in [0.1, 0.15) is 0 Å². The molecule has 0 aliphatic carbocycles. The van der Waals surface area contributed by atoms with Gasteiger partial charge in [-0.15, -0.1) is 0 Å². The molecule has 0 atom stereocenters. The maximum atomic E-state index is 11.3. The fourth-order valence-electron chi connectivity index (χ4n) is 2.72. The summed E-state index contributed by atoms with van der Waals surface area (Å²) in [5, 5.41) is 6.28. The molecular weight excluding hydrogens is 228 g/mol. The number of nitrogens with zero attached hydrogens (tertiary/aromatic N) is 2. The summed E-state index contributed by atoms with van der Waals surface area (Å²) in [6, 6.07) is 0.0899. The van der Waals surface area contributed by atoms with Crippen LogP contribution in [0.15, 0.2) is 0 Å². The summed E-state index contributed by atoms with van der Waals surface area (Å²) in [5.74, 6) is 0.892. The van der Waals surface area contributed by atoms with E-state index < -0.39 is 0 Å². The molecule has 2 saturated heterocycles. The van der Waals surface area contributed by atoms with Crippen LogP contribution in [-0.4, -0.2) is 68.7 Å². The quantitative estimate of drug-likeness (QED) is 0.672. The van der Waals surface area contributed by atoms with Crippen molar-refractivity contribution < 1.29 is 4.79 Å². The summed E-state index contributed by atoms with van der Waals surface area (Å²) in [6.07, 6.45) is 3.96. The first-order chi connectivity index (χ1) is 8.75. The number of piperidine rings is 1. The normalized spacial score (nSPS) is 22.5. The van der Waals surface area contributed by atoms with Crippen LogP contribution in [0.1, 0.15) is 19.3 Å². The number of rotatable bonds is 6. The highest BCUT2D eigenvalue weighted by Crippen LogP contribution is 2.18. The van der Waals surface area contributed by atoms with Crippen LogP contribution < -0.4 is 10.6 Å². The first kappa shape index (κ1) is 13.6. The van der Waals surface area contributed by atoms with Gasteiger partial charge in [-0.1, -0.05) is 0 Å². The van der Waals surface area contributed by atoms with Gasteiger partial charge in [0.25, 0.3) is 0 Å². The second kappa shape index (κ2) is 6.95. The van der Waals surface area contributed by atoms with Gasteiger partial charge in [0, 0.05) is 26.2 Å². The van der Waals surface area contributed by atoms with Crippen molar-refractivity contribution in [3.8, 4) is 0 Å². The molecule has 104 valence electrons. The molecule has 18 heavy (non-hydrogen) atoms. The van der Waals surface area contributed by atoms with Crippen molar-refractivity contribution in [2.24, 2.45) is 5.92 Å². The zero-order valence-corrected chi connectivity index (χ0v) is 11.5. The first-order valence-corrected chi connectivity index (χ1v) is 7.18. The van der Waals surface area contributed by atoms with Gasteiger partial charge in [0.15, 0.2) is 0 Å². The molecular formula is C13H26N4O. The molecule has 0 saturated carbocycles. The number of amides is 2.